The molecule has 0 spiro atoms. The van der Waals surface area contributed by atoms with E-state index in [4.69, 9.17) is 5.21 Å². The van der Waals surface area contributed by atoms with Gasteiger partial charge in [0.25, 0.3) is 0 Å². The summed E-state index contributed by atoms with van der Waals surface area (Å²) in [6, 6.07) is 17.6. The summed E-state index contributed by atoms with van der Waals surface area (Å²) in [6.07, 6.45) is 0. The zero-order chi connectivity index (χ0) is 10.2. The van der Waals surface area contributed by atoms with E-state index >= 15 is 0 Å². The van der Waals surface area contributed by atoms with Crippen LogP contribution in [0, 0.1) is 0 Å². The minimum absolute atomic E-state index is 0. The van der Waals surface area contributed by atoms with Crippen LogP contribution < -0.4 is 0 Å². The van der Waals surface area contributed by atoms with Crippen molar-refractivity contribution in [3.63, 3.8) is 0 Å². The summed E-state index contributed by atoms with van der Waals surface area (Å²) in [5, 5.41) is 11.3. The topological polar surface area (TPSA) is 32.6 Å². The van der Waals surface area contributed by atoms with Crippen LogP contribution in [-0.4, -0.2) is 10.9 Å². The number of rotatable bonds is 1. The third kappa shape index (κ3) is 5.21. The van der Waals surface area contributed by atoms with Gasteiger partial charge in [-0.05, 0) is 0 Å². The second-order valence-corrected chi connectivity index (χ2v) is 2.82. The molecule has 0 amide bonds. The van der Waals surface area contributed by atoms with E-state index in [1.807, 2.05) is 54.6 Å². The fourth-order valence-corrected chi connectivity index (χ4v) is 0.994. The second-order valence-electron chi connectivity index (χ2n) is 2.82. The normalized spacial score (nSPS) is 9.80. The van der Waals surface area contributed by atoms with E-state index in [2.05, 4.69) is 5.16 Å². The molecular weight excluding hydrogens is 230 g/mol. The van der Waals surface area contributed by atoms with E-state index in [0.29, 0.717) is 5.71 Å². The third-order valence-electron chi connectivity index (χ3n) is 1.79. The molecule has 0 heterocycles. The van der Waals surface area contributed by atoms with E-state index in [-0.39, 0.29) is 17.1 Å². The first kappa shape index (κ1) is 13.7. The molecule has 0 aliphatic heterocycles. The van der Waals surface area contributed by atoms with Gasteiger partial charge in [0, 0.05) is 5.71 Å². The molecule has 0 aromatic heterocycles. The molecule has 0 aliphatic rings. The first-order valence-electron chi connectivity index (χ1n) is 4.42. The van der Waals surface area contributed by atoms with Crippen LogP contribution in [0.25, 0.3) is 0 Å². The van der Waals surface area contributed by atoms with E-state index < -0.39 is 0 Å². The molecule has 1 N–H and O–H groups in total. The summed E-state index contributed by atoms with van der Waals surface area (Å²) in [7, 11) is 0. The molecule has 3 heteroatoms. The Hall–Kier alpha value is -1.31. The van der Waals surface area contributed by atoms with Gasteiger partial charge in [0.05, 0.1) is 0 Å². The van der Waals surface area contributed by atoms with Gasteiger partial charge in [0.2, 0.25) is 0 Å². The minimum atomic E-state index is 0. The maximum absolute atomic E-state index is 8.29. The minimum Gasteiger partial charge on any atom is -0.420 e. The van der Waals surface area contributed by atoms with Crippen LogP contribution in [-0.2, 0) is 17.1 Å². The molecule has 0 saturated carbocycles. The van der Waals surface area contributed by atoms with Gasteiger partial charge >= 0.3 is 17.1 Å². The Balaban J connectivity index is 0.000000280. The van der Waals surface area contributed by atoms with E-state index in [0.717, 1.165) is 5.56 Å². The van der Waals surface area contributed by atoms with Crippen LogP contribution in [0.15, 0.2) is 59.8 Å². The van der Waals surface area contributed by atoms with Crippen molar-refractivity contribution in [2.24, 2.45) is 5.16 Å². The van der Waals surface area contributed by atoms with Crippen molar-refractivity contribution in [3.8, 4) is 0 Å². The Kier molecular flexibility index (Phi) is 7.33. The molecule has 2 aromatic rings. The summed E-state index contributed by atoms with van der Waals surface area (Å²) in [6.45, 7) is 1.76. The van der Waals surface area contributed by atoms with Gasteiger partial charge in [-0.3, -0.25) is 0 Å². The summed E-state index contributed by atoms with van der Waals surface area (Å²) >= 11 is 0. The summed E-state index contributed by atoms with van der Waals surface area (Å²) in [4.78, 5) is 0. The molecular formula is C12H13FeNO. The molecule has 15 heavy (non-hydrogen) atoms. The fourth-order valence-electron chi connectivity index (χ4n) is 0.994. The van der Waals surface area contributed by atoms with E-state index in [1.165, 1.54) is 0 Å². The summed E-state index contributed by atoms with van der Waals surface area (Å²) < 4.78 is 0. The van der Waals surface area contributed by atoms with Gasteiger partial charge < -0.3 is 5.21 Å². The standard InChI is InChI=1S/C7H8NO.C5H5.Fe/c1-6(8-9)7-4-2-3-5-7;1-2-4-5-3-1;/h2-5,9H,1H3;1-5H;/q2*-1;+2/b8-6+;;. The maximum Gasteiger partial charge on any atom is 2.00 e. The second kappa shape index (κ2) is 8.04. The number of nitrogens with zero attached hydrogens (tertiary/aromatic N) is 1. The Morgan fingerprint density at radius 2 is 1.87 bits per heavy atom. The van der Waals surface area contributed by atoms with E-state index in [9.17, 15) is 0 Å². The number of oxime groups is 1. The molecule has 2 nitrogen and oxygen atoms in total. The molecule has 0 aliphatic carbocycles. The largest absolute Gasteiger partial charge is 2.00 e. The van der Waals surface area contributed by atoms with Gasteiger partial charge in [0.15, 0.2) is 0 Å². The van der Waals surface area contributed by atoms with Crippen molar-refractivity contribution < 1.29 is 22.3 Å². The summed E-state index contributed by atoms with van der Waals surface area (Å²) in [5.74, 6) is 0. The van der Waals surface area contributed by atoms with Gasteiger partial charge in [-0.25, -0.2) is 12.1 Å². The molecule has 0 unspecified atom stereocenters. The molecule has 0 fully saturated rings. The Labute approximate surface area is 100 Å². The SMILES string of the molecule is C/C(=N\O)c1ccc[cH-]1.[Fe+2].c1cc[cH-]c1. The van der Waals surface area contributed by atoms with Crippen LogP contribution in [0.1, 0.15) is 12.5 Å². The quantitative estimate of drug-likeness (QED) is 0.270. The van der Waals surface area contributed by atoms with Crippen molar-refractivity contribution in [2.45, 2.75) is 6.92 Å². The van der Waals surface area contributed by atoms with Gasteiger partial charge in [-0.15, -0.1) is 16.8 Å². The van der Waals surface area contributed by atoms with Crippen LogP contribution in [0.3, 0.4) is 0 Å². The van der Waals surface area contributed by atoms with Crippen molar-refractivity contribution in [1.29, 1.82) is 0 Å². The van der Waals surface area contributed by atoms with Gasteiger partial charge in [-0.1, -0.05) is 6.92 Å². The fraction of sp³-hybridized carbons (Fsp3) is 0.0833. The summed E-state index contributed by atoms with van der Waals surface area (Å²) in [5.41, 5.74) is 1.62. The molecule has 2 rings (SSSR count). The van der Waals surface area contributed by atoms with Crippen molar-refractivity contribution in [3.05, 3.63) is 60.2 Å². The molecule has 0 radical (unpaired) electrons. The van der Waals surface area contributed by atoms with Crippen molar-refractivity contribution >= 4 is 5.71 Å². The average molecular weight is 243 g/mol. The Bertz CT molecular complexity index is 332. The first-order valence-corrected chi connectivity index (χ1v) is 4.42. The monoisotopic (exact) mass is 243 g/mol. The predicted octanol–water partition coefficient (Wildman–Crippen LogP) is 3.01. The first-order chi connectivity index (χ1) is 6.84. The zero-order valence-electron chi connectivity index (χ0n) is 8.44. The third-order valence-corrected chi connectivity index (χ3v) is 1.79. The van der Waals surface area contributed by atoms with Gasteiger partial charge in [-0.2, -0.15) is 36.4 Å². The van der Waals surface area contributed by atoms with Gasteiger partial charge in [0.1, 0.15) is 0 Å². The predicted molar refractivity (Wildman–Crippen MR) is 58.1 cm³/mol. The molecule has 0 saturated heterocycles. The van der Waals surface area contributed by atoms with Crippen LogP contribution >= 0.6 is 0 Å². The molecule has 2 aromatic carbocycles. The number of hydrogen-bond acceptors (Lipinski definition) is 2. The zero-order valence-corrected chi connectivity index (χ0v) is 9.55. The van der Waals surface area contributed by atoms with Crippen LogP contribution in [0.2, 0.25) is 0 Å². The smallest absolute Gasteiger partial charge is 0.420 e. The Morgan fingerprint density at radius 1 is 1.20 bits per heavy atom. The van der Waals surface area contributed by atoms with E-state index in [1.54, 1.807) is 6.92 Å². The van der Waals surface area contributed by atoms with Crippen LogP contribution in [0.5, 0.6) is 0 Å². The Morgan fingerprint density at radius 3 is 2.20 bits per heavy atom. The molecule has 0 bridgehead atoms. The van der Waals surface area contributed by atoms with Crippen molar-refractivity contribution in [1.82, 2.24) is 0 Å². The molecule has 0 atom stereocenters. The van der Waals surface area contributed by atoms with Crippen molar-refractivity contribution in [2.75, 3.05) is 0 Å². The maximum atomic E-state index is 8.29. The van der Waals surface area contributed by atoms with Crippen LogP contribution in [0.4, 0.5) is 0 Å². The average Bonchev–Trinajstić information content (AvgIpc) is 2.91. The number of hydrogen-bond donors (Lipinski definition) is 1. The molecule has 80 valence electrons.